The minimum absolute atomic E-state index is 0. The van der Waals surface area contributed by atoms with Crippen molar-refractivity contribution in [3.05, 3.63) is 0 Å². The molecule has 8 unspecified atom stereocenters. The van der Waals surface area contributed by atoms with Crippen molar-refractivity contribution in [2.75, 3.05) is 310 Å². The van der Waals surface area contributed by atoms with Crippen molar-refractivity contribution in [1.29, 1.82) is 0 Å². The zero-order chi connectivity index (χ0) is 95.5. The molecule has 8 fully saturated rings. The zero-order valence-electron chi connectivity index (χ0n) is 75.4. The highest BCUT2D eigenvalue weighted by molar-refractivity contribution is 8.25. The standard InChI is InChI=1S/C81H124N8O28S16.16CH4/c1-57(69(94)86-13-41-130-77(86)122)110-29-27-104-47-63(116-35-33-112-59(3)71(96)88-15-43-132-79(88)124)51-108-55-81(53-106-49-61(114-31-25-100-19-7-67(92)84-11-39-128-75(84)120)45-102-23-21-98-17-5-65(90)82-9-37-126-73(82)118,54-107-50-62(115-32-26-101-20-8-68(93)85-12-40-129-76(85)121)46-103-24-22-99-18-6-66(91)83-10-38-127-74(83)119)56-109-52-64(117-36-34-113-60(4)72(97)89-16-44-133-80(89)125)48-105-28-30-111-58(2)70(95)87-14-42-131-78(87)123;;;;;;;;;;;;;;;;/h57-64H,5-56H2,1-4H3;16*1H4. The van der Waals surface area contributed by atoms with E-state index in [0.29, 0.717) is 110 Å². The summed E-state index contributed by atoms with van der Waals surface area (Å²) in [5.41, 5.74) is -1.32. The average Bonchev–Trinajstić information content (AvgIpc) is 1.64. The molecule has 0 aromatic carbocycles. The molecule has 0 saturated carbocycles. The molecule has 8 heterocycles. The summed E-state index contributed by atoms with van der Waals surface area (Å²) < 4.78 is 130. The molecule has 8 amide bonds. The van der Waals surface area contributed by atoms with Crippen LogP contribution in [0.3, 0.4) is 0 Å². The number of ether oxygens (including phenoxy) is 20. The summed E-state index contributed by atoms with van der Waals surface area (Å²) >= 11 is 54.9. The van der Waals surface area contributed by atoms with Crippen molar-refractivity contribution in [1.82, 2.24) is 39.2 Å². The van der Waals surface area contributed by atoms with E-state index in [2.05, 4.69) is 0 Å². The van der Waals surface area contributed by atoms with Crippen LogP contribution in [0.2, 0.25) is 0 Å². The van der Waals surface area contributed by atoms with Crippen LogP contribution in [0.25, 0.3) is 0 Å². The van der Waals surface area contributed by atoms with E-state index >= 15 is 0 Å². The Balaban J connectivity index is -0.00000175. The molecule has 8 aliphatic heterocycles. The van der Waals surface area contributed by atoms with Crippen molar-refractivity contribution < 1.29 is 133 Å². The Morgan fingerprint density at radius 1 is 0.215 bits per heavy atom. The van der Waals surface area contributed by atoms with Gasteiger partial charge in [0.25, 0.3) is 23.6 Å². The Morgan fingerprint density at radius 2 is 0.362 bits per heavy atom. The highest BCUT2D eigenvalue weighted by Gasteiger charge is 2.38. The molecule has 0 radical (unpaired) electrons. The van der Waals surface area contributed by atoms with E-state index in [4.69, 9.17) is 192 Å². The molecule has 8 rings (SSSR count). The Labute approximate surface area is 973 Å². The van der Waals surface area contributed by atoms with Gasteiger partial charge in [-0.05, 0) is 27.7 Å². The van der Waals surface area contributed by atoms with Gasteiger partial charge in [0, 0.05) is 98.4 Å². The minimum atomic E-state index is -1.32. The van der Waals surface area contributed by atoms with Gasteiger partial charge in [0.1, 0.15) is 83.4 Å². The van der Waals surface area contributed by atoms with Gasteiger partial charge in [0.15, 0.2) is 0 Å². The van der Waals surface area contributed by atoms with Crippen LogP contribution < -0.4 is 0 Å². The predicted octanol–water partition coefficient (Wildman–Crippen LogP) is 16.0. The minimum Gasteiger partial charge on any atom is -0.379 e. The maximum Gasteiger partial charge on any atom is 0.256 e. The lowest BCUT2D eigenvalue weighted by Gasteiger charge is -2.35. The normalized spacial score (nSPS) is 17.0. The third-order valence-corrected chi connectivity index (χ3v) is 31.8. The molecule has 0 spiro atoms. The maximum absolute atomic E-state index is 13.5. The number of carbonyl (C=O) groups excluding carboxylic acids is 8. The number of carbonyl (C=O) groups is 8. The zero-order valence-corrected chi connectivity index (χ0v) is 88.5. The summed E-state index contributed by atoms with van der Waals surface area (Å²) in [5, 5.41) is 0. The molecule has 0 aromatic rings. The van der Waals surface area contributed by atoms with E-state index in [-0.39, 0.29) is 403 Å². The Morgan fingerprint density at radius 3 is 0.550 bits per heavy atom. The molecular weight excluding hydrogens is 2240 g/mol. The largest absolute Gasteiger partial charge is 0.379 e. The molecule has 0 N–H and O–H groups in total. The first-order valence-electron chi connectivity index (χ1n) is 44.0. The Hall–Kier alpha value is -1.52. The molecule has 8 saturated heterocycles. The first-order chi connectivity index (χ1) is 64.3. The molecule has 36 nitrogen and oxygen atoms in total. The van der Waals surface area contributed by atoms with Crippen LogP contribution in [-0.4, -0.2) is 480 Å². The van der Waals surface area contributed by atoms with Gasteiger partial charge in [-0.3, -0.25) is 77.6 Å². The number of thioether (sulfide) groups is 8. The van der Waals surface area contributed by atoms with Crippen molar-refractivity contribution in [3.63, 3.8) is 0 Å². The first kappa shape index (κ1) is 165. The average molecular weight is 2430 g/mol. The molecule has 880 valence electrons. The molecular formula is C97H188N8O28S16. The molecule has 8 atom stereocenters. The summed E-state index contributed by atoms with van der Waals surface area (Å²) in [6.07, 6.45) is -6.09. The van der Waals surface area contributed by atoms with Crippen molar-refractivity contribution in [2.24, 2.45) is 5.41 Å². The molecule has 0 aliphatic carbocycles. The van der Waals surface area contributed by atoms with E-state index in [9.17, 15) is 38.4 Å². The molecule has 0 bridgehead atoms. The van der Waals surface area contributed by atoms with Crippen LogP contribution in [0.5, 0.6) is 0 Å². The number of thiocarbonyl (C=S) groups is 8. The maximum atomic E-state index is 13.5. The van der Waals surface area contributed by atoms with Crippen LogP contribution in [0.15, 0.2) is 0 Å². The summed E-state index contributed by atoms with van der Waals surface area (Å²) in [5.74, 6) is 4.05. The number of hydrogen-bond donors (Lipinski definition) is 0. The van der Waals surface area contributed by atoms with Crippen molar-refractivity contribution in [2.45, 2.75) is 221 Å². The number of rotatable bonds is 72. The van der Waals surface area contributed by atoms with Crippen LogP contribution in [-0.2, 0) is 133 Å². The lowest BCUT2D eigenvalue weighted by atomic mass is 9.92. The van der Waals surface area contributed by atoms with E-state index in [1.165, 1.54) is 114 Å². The summed E-state index contributed by atoms with van der Waals surface area (Å²) in [6, 6.07) is 0. The number of nitrogens with zero attached hydrogens (tertiary/aromatic N) is 8. The van der Waals surface area contributed by atoms with Crippen molar-refractivity contribution >= 4 is 274 Å². The number of hydrogen-bond acceptors (Lipinski definition) is 44. The predicted molar refractivity (Wildman–Crippen MR) is 653 cm³/mol. The lowest BCUT2D eigenvalue weighted by Crippen LogP contribution is -2.45. The second-order valence-electron chi connectivity index (χ2n) is 30.4. The number of amides is 8. The molecule has 149 heavy (non-hydrogen) atoms. The van der Waals surface area contributed by atoms with Gasteiger partial charge >= 0.3 is 0 Å². The van der Waals surface area contributed by atoms with Crippen molar-refractivity contribution in [3.8, 4) is 0 Å². The van der Waals surface area contributed by atoms with E-state index in [1.807, 2.05) is 0 Å². The smallest absolute Gasteiger partial charge is 0.256 e. The first-order valence-corrected chi connectivity index (χ1v) is 55.1. The van der Waals surface area contributed by atoms with Gasteiger partial charge in [-0.15, -0.1) is 0 Å². The molecule has 52 heteroatoms. The van der Waals surface area contributed by atoms with Crippen LogP contribution in [0.1, 0.15) is 172 Å². The van der Waals surface area contributed by atoms with E-state index < -0.39 is 54.2 Å². The van der Waals surface area contributed by atoms with Gasteiger partial charge in [-0.2, -0.15) is 0 Å². The highest BCUT2D eigenvalue weighted by atomic mass is 32.2. The SMILES string of the molecule is C.C.C.C.C.C.C.C.C.C.C.C.C.C.C.C.CC(OCCOCC(COCC(COCC(COCCOCCC(=O)N1CCSC1=S)OCCOCCC(=O)N1CCSC1=S)(COCC(COCCOCCC(=O)N1CCSC1=S)OCCOCCC(=O)N1CCSC1=S)COCC(COCCOC(C)C(=O)N1CCSC1=S)OCCOC(C)C(=O)N1CCSC1=S)OCCOC(C)C(=O)N1CCSC1=S)C(=O)N1CCSC1=S. The van der Waals surface area contributed by atoms with Gasteiger partial charge < -0.3 is 94.7 Å². The summed E-state index contributed by atoms with van der Waals surface area (Å²) in [6.45, 7) is 10.6. The molecule has 8 aliphatic rings. The molecule has 0 aromatic heterocycles. The fourth-order valence-corrected chi connectivity index (χ4v) is 23.0. The van der Waals surface area contributed by atoms with Crippen LogP contribution >= 0.6 is 192 Å². The van der Waals surface area contributed by atoms with Gasteiger partial charge in [0.05, 0.1) is 243 Å². The summed E-state index contributed by atoms with van der Waals surface area (Å²) in [7, 11) is 0. The van der Waals surface area contributed by atoms with E-state index in [1.54, 1.807) is 47.3 Å². The van der Waals surface area contributed by atoms with Crippen LogP contribution in [0, 0.1) is 5.41 Å². The second kappa shape index (κ2) is 95.2. The lowest BCUT2D eigenvalue weighted by molar-refractivity contribution is -0.158. The Kier molecular flexibility index (Phi) is 105. The van der Waals surface area contributed by atoms with E-state index in [0.717, 1.165) is 23.0 Å². The third kappa shape index (κ3) is 61.8. The quantitative estimate of drug-likeness (QED) is 0.0403. The second-order valence-corrected chi connectivity index (χ2v) is 44.2. The summed E-state index contributed by atoms with van der Waals surface area (Å²) in [4.78, 5) is 118. The fraction of sp³-hybridized carbons (Fsp3) is 0.835. The van der Waals surface area contributed by atoms with Gasteiger partial charge in [-0.25, -0.2) is 0 Å². The van der Waals surface area contributed by atoms with Crippen LogP contribution in [0.4, 0.5) is 0 Å². The topological polar surface area (TPSA) is 347 Å². The Bertz CT molecular complexity index is 3530. The van der Waals surface area contributed by atoms with Gasteiger partial charge in [-0.1, -0.05) is 311 Å². The van der Waals surface area contributed by atoms with Gasteiger partial charge in [0.2, 0.25) is 23.6 Å². The third-order valence-electron chi connectivity index (χ3n) is 20.4. The fourth-order valence-electron chi connectivity index (χ4n) is 13.1. The highest BCUT2D eigenvalue weighted by Crippen LogP contribution is 2.29. The monoisotopic (exact) mass is 2420 g/mol.